The van der Waals surface area contributed by atoms with Crippen LogP contribution in [0.5, 0.6) is 5.75 Å². The van der Waals surface area contributed by atoms with Crippen molar-refractivity contribution in [2.24, 2.45) is 0 Å². The molecule has 2 aromatic carbocycles. The minimum atomic E-state index is -1.39. The fourth-order valence-corrected chi connectivity index (χ4v) is 2.57. The molecule has 124 valence electrons. The predicted molar refractivity (Wildman–Crippen MR) is 87.3 cm³/mol. The van der Waals surface area contributed by atoms with Crippen LogP contribution in [0.4, 0.5) is 4.79 Å². The smallest absolute Gasteiger partial charge is 0.322 e. The zero-order chi connectivity index (χ0) is 17.2. The van der Waals surface area contributed by atoms with Gasteiger partial charge >= 0.3 is 6.03 Å². The molecule has 1 fully saturated rings. The Morgan fingerprint density at radius 3 is 2.33 bits per heavy atom. The first-order valence-electron chi connectivity index (χ1n) is 7.57. The molecule has 0 aliphatic carbocycles. The fourth-order valence-electron chi connectivity index (χ4n) is 2.57. The van der Waals surface area contributed by atoms with Gasteiger partial charge in [0, 0.05) is 0 Å². The van der Waals surface area contributed by atoms with Gasteiger partial charge in [-0.05, 0) is 30.2 Å². The van der Waals surface area contributed by atoms with Gasteiger partial charge in [0.2, 0.25) is 0 Å². The fraction of sp³-hybridized carbons (Fsp3) is 0.222. The maximum atomic E-state index is 11.9. The van der Waals surface area contributed by atoms with E-state index in [9.17, 15) is 14.7 Å². The summed E-state index contributed by atoms with van der Waals surface area (Å²) < 4.78 is 5.68. The molecule has 0 saturated carbocycles. The molecule has 1 aliphatic rings. The van der Waals surface area contributed by atoms with Crippen molar-refractivity contribution >= 4 is 11.9 Å². The molecule has 3 amide bonds. The quantitative estimate of drug-likeness (QED) is 0.732. The third-order valence-electron chi connectivity index (χ3n) is 4.06. The van der Waals surface area contributed by atoms with E-state index < -0.39 is 23.6 Å². The summed E-state index contributed by atoms with van der Waals surface area (Å²) in [6, 6.07) is 16.0. The molecule has 6 heteroatoms. The van der Waals surface area contributed by atoms with Gasteiger partial charge < -0.3 is 15.2 Å². The summed E-state index contributed by atoms with van der Waals surface area (Å²) in [5.74, 6) is 0.101. The predicted octanol–water partition coefficient (Wildman–Crippen LogP) is 1.90. The first kappa shape index (κ1) is 16.0. The molecular formula is C18H18N2O4. The highest BCUT2D eigenvalue weighted by Gasteiger charge is 2.48. The first-order chi connectivity index (χ1) is 11.5. The number of benzene rings is 2. The van der Waals surface area contributed by atoms with Crippen LogP contribution in [0.3, 0.4) is 0 Å². The van der Waals surface area contributed by atoms with Crippen molar-refractivity contribution in [3.8, 4) is 5.75 Å². The Balaban J connectivity index is 1.68. The molecule has 3 rings (SSSR count). The SMILES string of the molecule is CC1(C(O)c2ccc(OCc3ccccc3)cc2)NC(=O)NC1=O. The summed E-state index contributed by atoms with van der Waals surface area (Å²) in [5.41, 5.74) is 0.185. The highest BCUT2D eigenvalue weighted by Crippen LogP contribution is 2.29. The Hall–Kier alpha value is -2.86. The van der Waals surface area contributed by atoms with Gasteiger partial charge in [-0.2, -0.15) is 0 Å². The van der Waals surface area contributed by atoms with Crippen LogP contribution in [0, 0.1) is 0 Å². The Bertz CT molecular complexity index is 745. The van der Waals surface area contributed by atoms with E-state index in [-0.39, 0.29) is 0 Å². The average Bonchev–Trinajstić information content (AvgIpc) is 2.87. The van der Waals surface area contributed by atoms with Crippen LogP contribution in [-0.4, -0.2) is 22.6 Å². The number of imide groups is 1. The van der Waals surface area contributed by atoms with Crippen molar-refractivity contribution in [3.63, 3.8) is 0 Å². The summed E-state index contributed by atoms with van der Waals surface area (Å²) in [4.78, 5) is 23.2. The van der Waals surface area contributed by atoms with Crippen molar-refractivity contribution < 1.29 is 19.4 Å². The molecule has 0 radical (unpaired) electrons. The number of aliphatic hydroxyl groups is 1. The third kappa shape index (κ3) is 3.09. The maximum Gasteiger partial charge on any atom is 0.322 e. The summed E-state index contributed by atoms with van der Waals surface area (Å²) >= 11 is 0. The zero-order valence-electron chi connectivity index (χ0n) is 13.2. The number of carbonyl (C=O) groups excluding carboxylic acids is 2. The maximum absolute atomic E-state index is 11.9. The number of ether oxygens (including phenoxy) is 1. The molecule has 2 atom stereocenters. The van der Waals surface area contributed by atoms with Crippen LogP contribution in [0.25, 0.3) is 0 Å². The Labute approximate surface area is 139 Å². The second-order valence-electron chi connectivity index (χ2n) is 5.86. The molecule has 1 aliphatic heterocycles. The summed E-state index contributed by atoms with van der Waals surface area (Å²) in [5, 5.41) is 15.0. The van der Waals surface area contributed by atoms with Crippen LogP contribution >= 0.6 is 0 Å². The molecule has 3 N–H and O–H groups in total. The van der Waals surface area contributed by atoms with E-state index in [4.69, 9.17) is 4.74 Å². The number of aliphatic hydroxyl groups excluding tert-OH is 1. The molecule has 0 aromatic heterocycles. The van der Waals surface area contributed by atoms with Crippen molar-refractivity contribution in [2.45, 2.75) is 25.2 Å². The molecule has 1 saturated heterocycles. The third-order valence-corrected chi connectivity index (χ3v) is 4.06. The molecule has 0 spiro atoms. The lowest BCUT2D eigenvalue weighted by molar-refractivity contribution is -0.127. The normalized spacial score (nSPS) is 21.1. The Kier molecular flexibility index (Phi) is 4.22. The monoisotopic (exact) mass is 326 g/mol. The Morgan fingerprint density at radius 1 is 1.08 bits per heavy atom. The minimum Gasteiger partial charge on any atom is -0.489 e. The van der Waals surface area contributed by atoms with Crippen LogP contribution in [0.1, 0.15) is 24.2 Å². The van der Waals surface area contributed by atoms with Gasteiger partial charge in [0.15, 0.2) is 0 Å². The van der Waals surface area contributed by atoms with Crippen molar-refractivity contribution in [3.05, 3.63) is 65.7 Å². The number of amides is 3. The van der Waals surface area contributed by atoms with E-state index in [1.165, 1.54) is 6.92 Å². The molecular weight excluding hydrogens is 308 g/mol. The lowest BCUT2D eigenvalue weighted by Crippen LogP contribution is -2.49. The van der Waals surface area contributed by atoms with E-state index in [0.29, 0.717) is 17.9 Å². The topological polar surface area (TPSA) is 87.7 Å². The number of urea groups is 1. The van der Waals surface area contributed by atoms with E-state index in [2.05, 4.69) is 10.6 Å². The van der Waals surface area contributed by atoms with Gasteiger partial charge in [0.1, 0.15) is 24.0 Å². The van der Waals surface area contributed by atoms with Gasteiger partial charge in [0.25, 0.3) is 5.91 Å². The molecule has 2 aromatic rings. The minimum absolute atomic E-state index is 0.443. The highest BCUT2D eigenvalue weighted by molar-refractivity contribution is 6.07. The molecule has 6 nitrogen and oxygen atoms in total. The summed E-state index contributed by atoms with van der Waals surface area (Å²) in [6.07, 6.45) is -1.16. The van der Waals surface area contributed by atoms with Crippen LogP contribution < -0.4 is 15.4 Å². The lowest BCUT2D eigenvalue weighted by Gasteiger charge is -2.27. The van der Waals surface area contributed by atoms with E-state index >= 15 is 0 Å². The summed E-state index contributed by atoms with van der Waals surface area (Å²) in [6.45, 7) is 1.93. The number of carbonyl (C=O) groups is 2. The van der Waals surface area contributed by atoms with E-state index in [1.54, 1.807) is 24.3 Å². The van der Waals surface area contributed by atoms with Crippen LogP contribution in [0.2, 0.25) is 0 Å². The van der Waals surface area contributed by atoms with Gasteiger partial charge in [0.05, 0.1) is 0 Å². The summed E-state index contributed by atoms with van der Waals surface area (Å²) in [7, 11) is 0. The van der Waals surface area contributed by atoms with Gasteiger partial charge in [-0.3, -0.25) is 10.1 Å². The first-order valence-corrected chi connectivity index (χ1v) is 7.57. The molecule has 0 bridgehead atoms. The second kappa shape index (κ2) is 6.33. The number of hydrogen-bond donors (Lipinski definition) is 3. The molecule has 24 heavy (non-hydrogen) atoms. The zero-order valence-corrected chi connectivity index (χ0v) is 13.2. The number of hydrogen-bond acceptors (Lipinski definition) is 4. The second-order valence-corrected chi connectivity index (χ2v) is 5.86. The van der Waals surface area contributed by atoms with Crippen molar-refractivity contribution in [1.82, 2.24) is 10.6 Å². The van der Waals surface area contributed by atoms with Crippen LogP contribution in [0.15, 0.2) is 54.6 Å². The number of rotatable bonds is 5. The van der Waals surface area contributed by atoms with E-state index in [1.807, 2.05) is 30.3 Å². The Morgan fingerprint density at radius 2 is 1.75 bits per heavy atom. The van der Waals surface area contributed by atoms with E-state index in [0.717, 1.165) is 5.56 Å². The van der Waals surface area contributed by atoms with Gasteiger partial charge in [-0.1, -0.05) is 42.5 Å². The average molecular weight is 326 g/mol. The van der Waals surface area contributed by atoms with Crippen molar-refractivity contribution in [2.75, 3.05) is 0 Å². The highest BCUT2D eigenvalue weighted by atomic mass is 16.5. The molecule has 2 unspecified atom stereocenters. The van der Waals surface area contributed by atoms with Crippen LogP contribution in [-0.2, 0) is 11.4 Å². The van der Waals surface area contributed by atoms with Crippen molar-refractivity contribution in [1.29, 1.82) is 0 Å². The molecule has 1 heterocycles. The standard InChI is InChI=1S/C18H18N2O4/c1-18(16(22)19-17(23)20-18)15(21)13-7-9-14(10-8-13)24-11-12-5-3-2-4-6-12/h2-10,15,21H,11H2,1H3,(H2,19,20,22,23). The van der Waals surface area contributed by atoms with Gasteiger partial charge in [-0.25, -0.2) is 4.79 Å². The number of nitrogens with one attached hydrogen (secondary N) is 2. The largest absolute Gasteiger partial charge is 0.489 e. The lowest BCUT2D eigenvalue weighted by atomic mass is 9.89. The van der Waals surface area contributed by atoms with Gasteiger partial charge in [-0.15, -0.1) is 0 Å².